The second-order valence-corrected chi connectivity index (χ2v) is 5.34. The molecule has 0 spiro atoms. The van der Waals surface area contributed by atoms with Crippen molar-refractivity contribution in [3.05, 3.63) is 0 Å². The third-order valence-electron chi connectivity index (χ3n) is 3.99. The Morgan fingerprint density at radius 2 is 2.28 bits per heavy atom. The molecule has 0 saturated carbocycles. The minimum absolute atomic E-state index is 0.542. The largest absolute Gasteiger partial charge is 0.480 e. The minimum atomic E-state index is -0.797. The van der Waals surface area contributed by atoms with Gasteiger partial charge in [0, 0.05) is 12.6 Å². The highest BCUT2D eigenvalue weighted by Gasteiger charge is 2.30. The van der Waals surface area contributed by atoms with E-state index < -0.39 is 11.5 Å². The maximum atomic E-state index is 11.1. The first-order chi connectivity index (χ1) is 8.49. The van der Waals surface area contributed by atoms with E-state index in [0.717, 1.165) is 39.0 Å². The summed E-state index contributed by atoms with van der Waals surface area (Å²) in [5, 5.41) is 12.0. The maximum absolute atomic E-state index is 11.1. The summed E-state index contributed by atoms with van der Waals surface area (Å²) in [4.78, 5) is 13.4. The summed E-state index contributed by atoms with van der Waals surface area (Å²) in [5.74, 6) is -0.775. The Morgan fingerprint density at radius 3 is 2.78 bits per heavy atom. The Balaban J connectivity index is 2.19. The molecule has 5 heteroatoms. The molecule has 1 aliphatic heterocycles. The SMILES string of the molecule is CNC(C)(CCCCN(C)C1CCOC1)C(=O)O. The quantitative estimate of drug-likeness (QED) is 0.635. The summed E-state index contributed by atoms with van der Waals surface area (Å²) in [5.41, 5.74) is -0.797. The van der Waals surface area contributed by atoms with Crippen molar-refractivity contribution in [2.75, 3.05) is 33.9 Å². The number of hydrogen-bond acceptors (Lipinski definition) is 4. The van der Waals surface area contributed by atoms with E-state index in [2.05, 4.69) is 17.3 Å². The number of nitrogens with one attached hydrogen (secondary N) is 1. The number of carboxylic acid groups (broad SMARTS) is 1. The molecule has 18 heavy (non-hydrogen) atoms. The van der Waals surface area contributed by atoms with Gasteiger partial charge in [0.25, 0.3) is 0 Å². The first kappa shape index (κ1) is 15.4. The van der Waals surface area contributed by atoms with Gasteiger partial charge in [-0.1, -0.05) is 0 Å². The van der Waals surface area contributed by atoms with Crippen LogP contribution >= 0.6 is 0 Å². The number of nitrogens with zero attached hydrogens (tertiary/aromatic N) is 1. The molecule has 0 aromatic carbocycles. The predicted molar refractivity (Wildman–Crippen MR) is 70.8 cm³/mol. The standard InChI is InChI=1S/C13H26N2O3/c1-13(14-2,12(16)17)7-4-5-8-15(3)11-6-9-18-10-11/h11,14H,4-10H2,1-3H3,(H,16,17). The lowest BCUT2D eigenvalue weighted by atomic mass is 9.95. The first-order valence-corrected chi connectivity index (χ1v) is 6.70. The second-order valence-electron chi connectivity index (χ2n) is 5.34. The molecule has 0 bridgehead atoms. The number of carboxylic acids is 1. The van der Waals surface area contributed by atoms with Gasteiger partial charge in [0.2, 0.25) is 0 Å². The molecule has 0 radical (unpaired) electrons. The van der Waals surface area contributed by atoms with Crippen molar-refractivity contribution < 1.29 is 14.6 Å². The van der Waals surface area contributed by atoms with Gasteiger partial charge in [-0.05, 0) is 53.2 Å². The number of hydrogen-bond donors (Lipinski definition) is 2. The summed E-state index contributed by atoms with van der Waals surface area (Å²) in [7, 11) is 3.82. The highest BCUT2D eigenvalue weighted by molar-refractivity contribution is 5.78. The number of ether oxygens (including phenoxy) is 1. The van der Waals surface area contributed by atoms with E-state index in [9.17, 15) is 4.79 Å². The zero-order valence-corrected chi connectivity index (χ0v) is 11.7. The van der Waals surface area contributed by atoms with Gasteiger partial charge in [0.05, 0.1) is 6.61 Å². The van der Waals surface area contributed by atoms with E-state index >= 15 is 0 Å². The average molecular weight is 258 g/mol. The Bertz CT molecular complexity index is 267. The lowest BCUT2D eigenvalue weighted by molar-refractivity contribution is -0.144. The Hall–Kier alpha value is -0.650. The van der Waals surface area contributed by atoms with Gasteiger partial charge in [0.15, 0.2) is 0 Å². The fourth-order valence-electron chi connectivity index (χ4n) is 2.23. The van der Waals surface area contributed by atoms with Crippen molar-refractivity contribution in [2.24, 2.45) is 0 Å². The average Bonchev–Trinajstić information content (AvgIpc) is 2.87. The molecule has 0 aromatic heterocycles. The summed E-state index contributed by atoms with van der Waals surface area (Å²) in [6.07, 6.45) is 3.72. The van der Waals surface area contributed by atoms with Crippen LogP contribution in [0.5, 0.6) is 0 Å². The lowest BCUT2D eigenvalue weighted by Gasteiger charge is -2.26. The van der Waals surface area contributed by atoms with Crippen molar-refractivity contribution in [2.45, 2.75) is 44.2 Å². The van der Waals surface area contributed by atoms with Crippen molar-refractivity contribution in [3.8, 4) is 0 Å². The predicted octanol–water partition coefficient (Wildman–Crippen LogP) is 0.940. The topological polar surface area (TPSA) is 61.8 Å². The summed E-state index contributed by atoms with van der Waals surface area (Å²) < 4.78 is 5.36. The molecule has 106 valence electrons. The second kappa shape index (κ2) is 7.07. The molecule has 1 heterocycles. The molecule has 2 atom stereocenters. The zero-order chi connectivity index (χ0) is 13.6. The van der Waals surface area contributed by atoms with Crippen LogP contribution in [0.3, 0.4) is 0 Å². The van der Waals surface area contributed by atoms with Crippen LogP contribution in [0.25, 0.3) is 0 Å². The molecule has 2 unspecified atom stereocenters. The molecular weight excluding hydrogens is 232 g/mol. The molecule has 1 saturated heterocycles. The maximum Gasteiger partial charge on any atom is 0.323 e. The molecule has 0 amide bonds. The van der Waals surface area contributed by atoms with E-state index in [1.54, 1.807) is 14.0 Å². The van der Waals surface area contributed by atoms with E-state index in [1.165, 1.54) is 0 Å². The number of likely N-dealkylation sites (N-methyl/N-ethyl adjacent to an activating group) is 2. The normalized spacial score (nSPS) is 23.2. The van der Waals surface area contributed by atoms with Crippen LogP contribution in [0.1, 0.15) is 32.6 Å². The zero-order valence-electron chi connectivity index (χ0n) is 11.7. The van der Waals surface area contributed by atoms with Gasteiger partial charge in [-0.25, -0.2) is 0 Å². The molecule has 5 nitrogen and oxygen atoms in total. The smallest absolute Gasteiger partial charge is 0.323 e. The monoisotopic (exact) mass is 258 g/mol. The lowest BCUT2D eigenvalue weighted by Crippen LogP contribution is -2.47. The first-order valence-electron chi connectivity index (χ1n) is 6.70. The van der Waals surface area contributed by atoms with Gasteiger partial charge in [-0.3, -0.25) is 4.79 Å². The van der Waals surface area contributed by atoms with Gasteiger partial charge in [-0.15, -0.1) is 0 Å². The number of aliphatic carboxylic acids is 1. The van der Waals surface area contributed by atoms with Crippen LogP contribution in [-0.4, -0.2) is 61.4 Å². The summed E-state index contributed by atoms with van der Waals surface area (Å²) >= 11 is 0. The van der Waals surface area contributed by atoms with E-state index in [1.807, 2.05) is 0 Å². The van der Waals surface area contributed by atoms with Crippen LogP contribution < -0.4 is 5.32 Å². The summed E-state index contributed by atoms with van der Waals surface area (Å²) in [6, 6.07) is 0.542. The third kappa shape index (κ3) is 4.23. The summed E-state index contributed by atoms with van der Waals surface area (Å²) in [6.45, 7) is 4.45. The molecule has 0 aliphatic carbocycles. The van der Waals surface area contributed by atoms with E-state index in [4.69, 9.17) is 9.84 Å². The third-order valence-corrected chi connectivity index (χ3v) is 3.99. The fourth-order valence-corrected chi connectivity index (χ4v) is 2.23. The molecule has 0 aromatic rings. The van der Waals surface area contributed by atoms with Gasteiger partial charge in [0.1, 0.15) is 5.54 Å². The molecule has 1 fully saturated rings. The van der Waals surface area contributed by atoms with Crippen LogP contribution in [0, 0.1) is 0 Å². The van der Waals surface area contributed by atoms with Crippen LogP contribution in [0.15, 0.2) is 0 Å². The van der Waals surface area contributed by atoms with Crippen LogP contribution in [-0.2, 0) is 9.53 Å². The van der Waals surface area contributed by atoms with Gasteiger partial charge >= 0.3 is 5.97 Å². The number of rotatable bonds is 8. The Kier molecular flexibility index (Phi) is 6.05. The molecule has 2 N–H and O–H groups in total. The number of unbranched alkanes of at least 4 members (excludes halogenated alkanes) is 1. The number of carbonyl (C=O) groups is 1. The molecule has 1 aliphatic rings. The van der Waals surface area contributed by atoms with Gasteiger partial charge < -0.3 is 20.1 Å². The highest BCUT2D eigenvalue weighted by Crippen LogP contribution is 2.15. The highest BCUT2D eigenvalue weighted by atomic mass is 16.5. The van der Waals surface area contributed by atoms with Crippen molar-refractivity contribution >= 4 is 5.97 Å². The van der Waals surface area contributed by atoms with E-state index in [-0.39, 0.29) is 0 Å². The van der Waals surface area contributed by atoms with Crippen LogP contribution in [0.4, 0.5) is 0 Å². The Labute approximate surface area is 109 Å². The molecular formula is C13H26N2O3. The van der Waals surface area contributed by atoms with Crippen molar-refractivity contribution in [3.63, 3.8) is 0 Å². The van der Waals surface area contributed by atoms with E-state index in [0.29, 0.717) is 12.5 Å². The van der Waals surface area contributed by atoms with Crippen LogP contribution in [0.2, 0.25) is 0 Å². The fraction of sp³-hybridized carbons (Fsp3) is 0.923. The Morgan fingerprint density at radius 1 is 1.56 bits per heavy atom. The van der Waals surface area contributed by atoms with Gasteiger partial charge in [-0.2, -0.15) is 0 Å². The molecule has 1 rings (SSSR count). The van der Waals surface area contributed by atoms with Crippen molar-refractivity contribution in [1.29, 1.82) is 0 Å². The minimum Gasteiger partial charge on any atom is -0.480 e. The van der Waals surface area contributed by atoms with Crippen molar-refractivity contribution in [1.82, 2.24) is 10.2 Å².